The first-order valence-electron chi connectivity index (χ1n) is 8.48. The molecule has 2 heterocycles. The maximum absolute atomic E-state index is 12.9. The maximum Gasteiger partial charge on any atom is 0.389 e. The Morgan fingerprint density at radius 2 is 2.21 bits per heavy atom. The van der Waals surface area contributed by atoms with Crippen LogP contribution in [-0.4, -0.2) is 57.7 Å². The first-order chi connectivity index (χ1) is 13.8. The summed E-state index contributed by atoms with van der Waals surface area (Å²) in [6.07, 6.45) is -0.434. The van der Waals surface area contributed by atoms with Crippen molar-refractivity contribution in [1.29, 1.82) is 0 Å². The lowest BCUT2D eigenvalue weighted by Crippen LogP contribution is -2.37. The minimum absolute atomic E-state index is 0.0216. The maximum atomic E-state index is 12.9. The topological polar surface area (TPSA) is 72.6 Å². The van der Waals surface area contributed by atoms with Gasteiger partial charge in [0.2, 0.25) is 0 Å². The van der Waals surface area contributed by atoms with Crippen molar-refractivity contribution < 1.29 is 22.8 Å². The highest BCUT2D eigenvalue weighted by Crippen LogP contribution is 2.27. The van der Waals surface area contributed by atoms with E-state index in [2.05, 4.69) is 15.2 Å². The van der Waals surface area contributed by atoms with Gasteiger partial charge in [-0.3, -0.25) is 9.78 Å². The number of rotatable bonds is 9. The third-order valence-corrected chi connectivity index (χ3v) is 4.87. The standard InChI is InChI=1S/C17H19ClF3N5O2S/c1-3-25(14-10-26(23-15(14)18)12-5-4-7-22-9-12)16(27)13(24-28-2)11-29-8-6-17(19,20)21/h4-5,7,9-10H,3,6,8,11H2,1-2H3/b24-13-. The van der Waals surface area contributed by atoms with Crippen molar-refractivity contribution in [3.05, 3.63) is 35.9 Å². The highest BCUT2D eigenvalue weighted by atomic mass is 35.5. The Morgan fingerprint density at radius 1 is 1.45 bits per heavy atom. The molecule has 0 aliphatic heterocycles. The van der Waals surface area contributed by atoms with Crippen molar-refractivity contribution in [3.8, 4) is 5.69 Å². The van der Waals surface area contributed by atoms with Crippen LogP contribution in [0.4, 0.5) is 18.9 Å². The number of hydrogen-bond acceptors (Lipinski definition) is 6. The molecule has 0 aliphatic carbocycles. The highest BCUT2D eigenvalue weighted by Gasteiger charge is 2.28. The fraction of sp³-hybridized carbons (Fsp3) is 0.412. The summed E-state index contributed by atoms with van der Waals surface area (Å²) < 4.78 is 38.4. The van der Waals surface area contributed by atoms with E-state index in [0.29, 0.717) is 11.4 Å². The fourth-order valence-corrected chi connectivity index (χ4v) is 3.44. The number of nitrogens with zero attached hydrogens (tertiary/aromatic N) is 5. The molecule has 158 valence electrons. The number of amides is 1. The molecule has 0 N–H and O–H groups in total. The van der Waals surface area contributed by atoms with Gasteiger partial charge in [0.1, 0.15) is 12.8 Å². The van der Waals surface area contributed by atoms with Crippen molar-refractivity contribution in [2.24, 2.45) is 5.16 Å². The Labute approximate surface area is 174 Å². The van der Waals surface area contributed by atoms with E-state index in [1.807, 2.05) is 0 Å². The van der Waals surface area contributed by atoms with Crippen LogP contribution in [0.15, 0.2) is 35.9 Å². The molecule has 0 unspecified atom stereocenters. The Kier molecular flexibility index (Phi) is 8.32. The second-order valence-corrected chi connectivity index (χ2v) is 7.11. The molecule has 2 aromatic rings. The number of hydrogen-bond donors (Lipinski definition) is 0. The Balaban J connectivity index is 2.17. The van der Waals surface area contributed by atoms with Gasteiger partial charge in [0.15, 0.2) is 10.9 Å². The second kappa shape index (κ2) is 10.5. The summed E-state index contributed by atoms with van der Waals surface area (Å²) in [7, 11) is 1.26. The van der Waals surface area contributed by atoms with E-state index in [4.69, 9.17) is 16.4 Å². The van der Waals surface area contributed by atoms with Crippen LogP contribution in [0.25, 0.3) is 5.69 Å². The number of carbonyl (C=O) groups is 1. The summed E-state index contributed by atoms with van der Waals surface area (Å²) in [5.74, 6) is -0.750. The van der Waals surface area contributed by atoms with Crippen molar-refractivity contribution in [3.63, 3.8) is 0 Å². The molecule has 0 aromatic carbocycles. The molecule has 2 aromatic heterocycles. The summed E-state index contributed by atoms with van der Waals surface area (Å²) in [6, 6.07) is 3.50. The number of alkyl halides is 3. The molecule has 0 bridgehead atoms. The first kappa shape index (κ1) is 23.0. The molecule has 0 saturated heterocycles. The number of aromatic nitrogens is 3. The minimum atomic E-state index is -4.25. The molecule has 2 rings (SSSR count). The zero-order valence-electron chi connectivity index (χ0n) is 15.7. The summed E-state index contributed by atoms with van der Waals surface area (Å²) >= 11 is 7.17. The molecule has 12 heteroatoms. The molecule has 29 heavy (non-hydrogen) atoms. The van der Waals surface area contributed by atoms with Gasteiger partial charge in [-0.15, -0.1) is 0 Å². The van der Waals surface area contributed by atoms with Gasteiger partial charge in [0.25, 0.3) is 5.91 Å². The number of halogens is 4. The van der Waals surface area contributed by atoms with E-state index in [1.54, 1.807) is 37.6 Å². The number of carbonyl (C=O) groups excluding carboxylic acids is 1. The molecule has 0 aliphatic rings. The second-order valence-electron chi connectivity index (χ2n) is 5.65. The molecule has 0 saturated carbocycles. The van der Waals surface area contributed by atoms with Gasteiger partial charge >= 0.3 is 6.18 Å². The molecule has 0 spiro atoms. The zero-order chi connectivity index (χ0) is 21.4. The van der Waals surface area contributed by atoms with Crippen LogP contribution in [0.2, 0.25) is 5.15 Å². The van der Waals surface area contributed by atoms with E-state index in [0.717, 1.165) is 11.8 Å². The summed E-state index contributed by atoms with van der Waals surface area (Å²) in [5.41, 5.74) is 0.969. The molecular weight excluding hydrogens is 431 g/mol. The molecule has 1 amide bonds. The van der Waals surface area contributed by atoms with E-state index < -0.39 is 18.5 Å². The van der Waals surface area contributed by atoms with Crippen LogP contribution >= 0.6 is 23.4 Å². The monoisotopic (exact) mass is 449 g/mol. The number of pyridine rings is 1. The lowest BCUT2D eigenvalue weighted by molar-refractivity contribution is -0.129. The van der Waals surface area contributed by atoms with Crippen LogP contribution in [0, 0.1) is 0 Å². The van der Waals surface area contributed by atoms with Crippen LogP contribution in [0.3, 0.4) is 0 Å². The van der Waals surface area contributed by atoms with E-state index in [9.17, 15) is 18.0 Å². The van der Waals surface area contributed by atoms with Crippen LogP contribution in [-0.2, 0) is 9.63 Å². The molecule has 0 fully saturated rings. The highest BCUT2D eigenvalue weighted by molar-refractivity contribution is 8.00. The minimum Gasteiger partial charge on any atom is -0.399 e. The Morgan fingerprint density at radius 3 is 2.79 bits per heavy atom. The van der Waals surface area contributed by atoms with Gasteiger partial charge < -0.3 is 9.74 Å². The normalized spacial score (nSPS) is 12.1. The molecule has 0 atom stereocenters. The van der Waals surface area contributed by atoms with Crippen LogP contribution < -0.4 is 4.90 Å². The average Bonchev–Trinajstić information content (AvgIpc) is 3.06. The van der Waals surface area contributed by atoms with E-state index in [-0.39, 0.29) is 28.9 Å². The zero-order valence-corrected chi connectivity index (χ0v) is 17.3. The lowest BCUT2D eigenvalue weighted by atomic mass is 10.3. The largest absolute Gasteiger partial charge is 0.399 e. The third-order valence-electron chi connectivity index (χ3n) is 3.63. The lowest BCUT2D eigenvalue weighted by Gasteiger charge is -2.20. The van der Waals surface area contributed by atoms with Gasteiger partial charge in [0, 0.05) is 24.2 Å². The van der Waals surface area contributed by atoms with E-state index in [1.165, 1.54) is 16.7 Å². The van der Waals surface area contributed by atoms with Crippen molar-refractivity contribution in [2.75, 3.05) is 30.1 Å². The van der Waals surface area contributed by atoms with Crippen LogP contribution in [0.5, 0.6) is 0 Å². The Hall–Kier alpha value is -2.27. The van der Waals surface area contributed by atoms with Gasteiger partial charge in [-0.25, -0.2) is 4.68 Å². The Bertz CT molecular complexity index is 845. The average molecular weight is 450 g/mol. The SMILES string of the molecule is CCN(C(=O)/C(CSCCC(F)(F)F)=N\OC)c1cn(-c2cccnc2)nc1Cl. The van der Waals surface area contributed by atoms with Crippen molar-refractivity contribution >= 4 is 40.7 Å². The first-order valence-corrected chi connectivity index (χ1v) is 10.0. The smallest absolute Gasteiger partial charge is 0.389 e. The summed E-state index contributed by atoms with van der Waals surface area (Å²) in [5, 5.41) is 7.97. The van der Waals surface area contributed by atoms with Gasteiger partial charge in [0.05, 0.1) is 24.5 Å². The van der Waals surface area contributed by atoms with Crippen molar-refractivity contribution in [1.82, 2.24) is 14.8 Å². The predicted molar refractivity (Wildman–Crippen MR) is 107 cm³/mol. The van der Waals surface area contributed by atoms with E-state index >= 15 is 0 Å². The van der Waals surface area contributed by atoms with Gasteiger partial charge in [-0.2, -0.15) is 30.0 Å². The van der Waals surface area contributed by atoms with Crippen molar-refractivity contribution in [2.45, 2.75) is 19.5 Å². The number of anilines is 1. The molecule has 0 radical (unpaired) electrons. The van der Waals surface area contributed by atoms with Gasteiger partial charge in [-0.05, 0) is 19.1 Å². The summed E-state index contributed by atoms with van der Waals surface area (Å²) in [4.78, 5) is 23.0. The number of thioether (sulfide) groups is 1. The molecule has 7 nitrogen and oxygen atoms in total. The van der Waals surface area contributed by atoms with Crippen LogP contribution in [0.1, 0.15) is 13.3 Å². The quantitative estimate of drug-likeness (QED) is 0.329. The number of oxime groups is 1. The fourth-order valence-electron chi connectivity index (χ4n) is 2.32. The predicted octanol–water partition coefficient (Wildman–Crippen LogP) is 3.96. The third kappa shape index (κ3) is 6.64. The summed E-state index contributed by atoms with van der Waals surface area (Å²) in [6.45, 7) is 1.98. The van der Waals surface area contributed by atoms with Gasteiger partial charge in [-0.1, -0.05) is 16.8 Å². The molecular formula is C17H19ClF3N5O2S.